The normalized spacial score (nSPS) is 14.8. The van der Waals surface area contributed by atoms with Gasteiger partial charge in [-0.15, -0.1) is 0 Å². The third-order valence-corrected chi connectivity index (χ3v) is 5.93. The number of nitrogens with one attached hydrogen (secondary N) is 1. The Morgan fingerprint density at radius 2 is 1.79 bits per heavy atom. The fraction of sp³-hybridized carbons (Fsp3) is 0.208. The Bertz CT molecular complexity index is 1260. The second-order valence-electron chi connectivity index (χ2n) is 7.80. The van der Waals surface area contributed by atoms with Gasteiger partial charge in [-0.3, -0.25) is 9.59 Å². The number of halogens is 2. The summed E-state index contributed by atoms with van der Waals surface area (Å²) in [6.45, 7) is 1.85. The Morgan fingerprint density at radius 3 is 2.59 bits per heavy atom. The number of hydrogen-bond acceptors (Lipinski definition) is 6. The Kier molecular flexibility index (Phi) is 5.93. The predicted octanol–water partition coefficient (Wildman–Crippen LogP) is 3.82. The number of benzene rings is 2. The van der Waals surface area contributed by atoms with Gasteiger partial charge in [-0.2, -0.15) is 0 Å². The minimum Gasteiger partial charge on any atom is -0.454 e. The molecule has 0 bridgehead atoms. The molecule has 0 radical (unpaired) electrons. The molecule has 3 aromatic rings. The van der Waals surface area contributed by atoms with Gasteiger partial charge in [0.1, 0.15) is 5.82 Å². The van der Waals surface area contributed by atoms with Crippen molar-refractivity contribution >= 4 is 34.9 Å². The van der Waals surface area contributed by atoms with E-state index in [1.807, 2.05) is 4.90 Å². The van der Waals surface area contributed by atoms with Gasteiger partial charge in [0.2, 0.25) is 6.79 Å². The molecule has 5 rings (SSSR count). The van der Waals surface area contributed by atoms with E-state index in [4.69, 9.17) is 21.1 Å². The Hall–Kier alpha value is -3.85. The summed E-state index contributed by atoms with van der Waals surface area (Å²) in [7, 11) is 0. The second kappa shape index (κ2) is 9.18. The average Bonchev–Trinajstić information content (AvgIpc) is 3.32. The minimum absolute atomic E-state index is 0.00707. The van der Waals surface area contributed by atoms with Crippen molar-refractivity contribution in [2.24, 2.45) is 0 Å². The number of piperazine rings is 1. The van der Waals surface area contributed by atoms with E-state index in [9.17, 15) is 14.0 Å². The number of fused-ring (bicyclic) bond motifs is 1. The highest BCUT2D eigenvalue weighted by atomic mass is 35.5. The van der Waals surface area contributed by atoms with Crippen molar-refractivity contribution in [3.05, 3.63) is 76.7 Å². The van der Waals surface area contributed by atoms with Crippen LogP contribution in [-0.2, 0) is 0 Å². The summed E-state index contributed by atoms with van der Waals surface area (Å²) in [6, 6.07) is 12.5. The molecule has 2 aromatic carbocycles. The highest BCUT2D eigenvalue weighted by Crippen LogP contribution is 2.33. The van der Waals surface area contributed by atoms with Gasteiger partial charge < -0.3 is 24.6 Å². The van der Waals surface area contributed by atoms with Crippen LogP contribution in [0.25, 0.3) is 0 Å². The molecule has 2 aliphatic rings. The molecule has 0 spiro atoms. The lowest BCUT2D eigenvalue weighted by Gasteiger charge is -2.36. The molecule has 3 heterocycles. The van der Waals surface area contributed by atoms with Crippen LogP contribution in [0.15, 0.2) is 54.7 Å². The van der Waals surface area contributed by atoms with Crippen molar-refractivity contribution in [1.29, 1.82) is 0 Å². The topological polar surface area (TPSA) is 84.0 Å². The number of nitrogens with zero attached hydrogens (tertiary/aromatic N) is 3. The summed E-state index contributed by atoms with van der Waals surface area (Å²) >= 11 is 5.79. The van der Waals surface area contributed by atoms with Crippen LogP contribution in [-0.4, -0.2) is 54.7 Å². The number of pyridine rings is 1. The molecule has 1 fully saturated rings. The first kappa shape index (κ1) is 22.0. The van der Waals surface area contributed by atoms with Crippen molar-refractivity contribution in [2.45, 2.75) is 0 Å². The smallest absolute Gasteiger partial charge is 0.256 e. The number of anilines is 2. The quantitative estimate of drug-likeness (QED) is 0.608. The summed E-state index contributed by atoms with van der Waals surface area (Å²) in [6.07, 6.45) is 1.65. The molecule has 2 aliphatic heterocycles. The minimum atomic E-state index is -0.641. The molecule has 1 N–H and O–H groups in total. The fourth-order valence-electron chi connectivity index (χ4n) is 3.93. The molecule has 34 heavy (non-hydrogen) atoms. The van der Waals surface area contributed by atoms with E-state index >= 15 is 0 Å². The van der Waals surface area contributed by atoms with Crippen molar-refractivity contribution in [3.8, 4) is 11.5 Å². The van der Waals surface area contributed by atoms with E-state index in [1.165, 1.54) is 12.1 Å². The number of carbonyl (C=O) groups is 2. The van der Waals surface area contributed by atoms with E-state index in [-0.39, 0.29) is 29.2 Å². The van der Waals surface area contributed by atoms with E-state index in [2.05, 4.69) is 10.3 Å². The Labute approximate surface area is 199 Å². The van der Waals surface area contributed by atoms with Crippen LogP contribution in [0.5, 0.6) is 11.5 Å². The van der Waals surface area contributed by atoms with E-state index < -0.39 is 5.82 Å². The fourth-order valence-corrected chi connectivity index (χ4v) is 4.09. The second-order valence-corrected chi connectivity index (χ2v) is 8.24. The lowest BCUT2D eigenvalue weighted by atomic mass is 10.1. The van der Waals surface area contributed by atoms with Crippen LogP contribution in [0, 0.1) is 5.82 Å². The van der Waals surface area contributed by atoms with Crippen LogP contribution in [0.4, 0.5) is 15.9 Å². The molecule has 10 heteroatoms. The van der Waals surface area contributed by atoms with Gasteiger partial charge in [0.05, 0.1) is 11.3 Å². The lowest BCUT2D eigenvalue weighted by Crippen LogP contribution is -2.49. The first-order valence-electron chi connectivity index (χ1n) is 10.6. The molecule has 8 nitrogen and oxygen atoms in total. The first-order valence-corrected chi connectivity index (χ1v) is 11.0. The van der Waals surface area contributed by atoms with Crippen molar-refractivity contribution in [3.63, 3.8) is 0 Å². The molecule has 174 valence electrons. The van der Waals surface area contributed by atoms with Crippen LogP contribution in [0.3, 0.4) is 0 Å². The largest absolute Gasteiger partial charge is 0.454 e. The summed E-state index contributed by atoms with van der Waals surface area (Å²) < 4.78 is 24.8. The van der Waals surface area contributed by atoms with Crippen LogP contribution < -0.4 is 19.7 Å². The Balaban J connectivity index is 1.27. The van der Waals surface area contributed by atoms with Crippen LogP contribution >= 0.6 is 11.6 Å². The predicted molar refractivity (Wildman–Crippen MR) is 124 cm³/mol. The molecule has 1 saturated heterocycles. The molecular formula is C24H20ClFN4O4. The third-order valence-electron chi connectivity index (χ3n) is 5.70. The van der Waals surface area contributed by atoms with E-state index in [0.29, 0.717) is 54.7 Å². The lowest BCUT2D eigenvalue weighted by molar-refractivity contribution is 0.0741. The maximum Gasteiger partial charge on any atom is 0.256 e. The van der Waals surface area contributed by atoms with Gasteiger partial charge in [-0.25, -0.2) is 9.37 Å². The van der Waals surface area contributed by atoms with Crippen molar-refractivity contribution in [1.82, 2.24) is 9.88 Å². The molecule has 2 amide bonds. The van der Waals surface area contributed by atoms with Gasteiger partial charge in [0, 0.05) is 43.0 Å². The zero-order valence-corrected chi connectivity index (χ0v) is 18.7. The van der Waals surface area contributed by atoms with Gasteiger partial charge in [0.15, 0.2) is 17.3 Å². The maximum absolute atomic E-state index is 14.2. The molecule has 0 aliphatic carbocycles. The Morgan fingerprint density at radius 1 is 1.00 bits per heavy atom. The van der Waals surface area contributed by atoms with Gasteiger partial charge in [0.25, 0.3) is 11.8 Å². The summed E-state index contributed by atoms with van der Waals surface area (Å²) in [5.41, 5.74) is 0.973. The van der Waals surface area contributed by atoms with Gasteiger partial charge in [-0.05, 0) is 48.5 Å². The molecule has 0 atom stereocenters. The summed E-state index contributed by atoms with van der Waals surface area (Å²) in [4.78, 5) is 33.6. The number of hydrogen-bond donors (Lipinski definition) is 1. The highest BCUT2D eigenvalue weighted by molar-refractivity contribution is 6.30. The first-order chi connectivity index (χ1) is 16.5. The number of ether oxygens (including phenoxy) is 2. The monoisotopic (exact) mass is 482 g/mol. The average molecular weight is 483 g/mol. The number of aromatic nitrogens is 1. The van der Waals surface area contributed by atoms with Crippen molar-refractivity contribution < 1.29 is 23.5 Å². The SMILES string of the molecule is O=C(Nc1cccnc1N1CCN(C(=O)c2ccc(Cl)cc2F)CC1)c1ccc2c(c1)OCO2. The summed E-state index contributed by atoms with van der Waals surface area (Å²) in [5.74, 6) is 0.395. The zero-order chi connectivity index (χ0) is 23.7. The maximum atomic E-state index is 14.2. The molecular weight excluding hydrogens is 463 g/mol. The van der Waals surface area contributed by atoms with Gasteiger partial charge >= 0.3 is 0 Å². The van der Waals surface area contributed by atoms with Gasteiger partial charge in [-0.1, -0.05) is 11.6 Å². The standard InChI is InChI=1S/C24H20ClFN4O4/c25-16-4-5-17(18(26)13-16)24(32)30-10-8-29(9-11-30)22-19(2-1-7-27-22)28-23(31)15-3-6-20-21(12-15)34-14-33-20/h1-7,12-13H,8-11,14H2,(H,28,31). The number of carbonyl (C=O) groups excluding carboxylic acids is 2. The summed E-state index contributed by atoms with van der Waals surface area (Å²) in [5, 5.41) is 3.15. The highest BCUT2D eigenvalue weighted by Gasteiger charge is 2.26. The zero-order valence-electron chi connectivity index (χ0n) is 18.0. The number of amides is 2. The van der Waals surface area contributed by atoms with Crippen LogP contribution in [0.2, 0.25) is 5.02 Å². The number of rotatable bonds is 4. The molecule has 1 aromatic heterocycles. The third kappa shape index (κ3) is 4.34. The van der Waals surface area contributed by atoms with Crippen LogP contribution in [0.1, 0.15) is 20.7 Å². The van der Waals surface area contributed by atoms with Crippen molar-refractivity contribution in [2.75, 3.05) is 43.2 Å². The molecule has 0 unspecified atom stereocenters. The van der Waals surface area contributed by atoms with E-state index in [1.54, 1.807) is 41.4 Å². The molecule has 0 saturated carbocycles. The van der Waals surface area contributed by atoms with E-state index in [0.717, 1.165) is 6.07 Å².